The van der Waals surface area contributed by atoms with Crippen LogP contribution in [0.15, 0.2) is 23.2 Å². The van der Waals surface area contributed by atoms with Gasteiger partial charge in [-0.2, -0.15) is 0 Å². The van der Waals surface area contributed by atoms with Gasteiger partial charge in [0.05, 0.1) is 6.54 Å². The number of halogens is 3. The second-order valence-electron chi connectivity index (χ2n) is 6.93. The minimum absolute atomic E-state index is 0. The molecule has 8 heteroatoms. The molecule has 0 aromatic heterocycles. The quantitative estimate of drug-likeness (QED) is 0.215. The lowest BCUT2D eigenvalue weighted by Gasteiger charge is -2.30. The average Bonchev–Trinajstić information content (AvgIpc) is 3.12. The van der Waals surface area contributed by atoms with E-state index in [9.17, 15) is 8.78 Å². The van der Waals surface area contributed by atoms with Crippen LogP contribution in [0, 0.1) is 17.0 Å². The lowest BCUT2D eigenvalue weighted by molar-refractivity contribution is 0.105. The Bertz CT molecular complexity index is 611. The minimum Gasteiger partial charge on any atom is -0.489 e. The van der Waals surface area contributed by atoms with Crippen molar-refractivity contribution in [3.8, 4) is 5.75 Å². The molecule has 5 nitrogen and oxygen atoms in total. The minimum atomic E-state index is -0.699. The maximum Gasteiger partial charge on any atom is 0.191 e. The van der Waals surface area contributed by atoms with Crippen LogP contribution < -0.4 is 15.4 Å². The summed E-state index contributed by atoms with van der Waals surface area (Å²) in [5.41, 5.74) is 0.264. The molecule has 0 saturated heterocycles. The zero-order valence-corrected chi connectivity index (χ0v) is 19.1. The molecule has 1 fully saturated rings. The summed E-state index contributed by atoms with van der Waals surface area (Å²) in [4.78, 5) is 4.23. The summed E-state index contributed by atoms with van der Waals surface area (Å²) in [6.45, 7) is 5.13. The van der Waals surface area contributed by atoms with Gasteiger partial charge in [-0.3, -0.25) is 4.99 Å². The second kappa shape index (κ2) is 13.1. The fraction of sp³-hybridized carbons (Fsp3) is 0.650. The maximum absolute atomic E-state index is 13.5. The van der Waals surface area contributed by atoms with Crippen LogP contribution in [0.5, 0.6) is 5.75 Å². The summed E-state index contributed by atoms with van der Waals surface area (Å²) in [5.74, 6) is -0.578. The zero-order chi connectivity index (χ0) is 19.5. The van der Waals surface area contributed by atoms with Crippen LogP contribution >= 0.6 is 24.0 Å². The van der Waals surface area contributed by atoms with Gasteiger partial charge < -0.3 is 20.1 Å². The lowest BCUT2D eigenvalue weighted by Crippen LogP contribution is -2.44. The molecule has 0 heterocycles. The van der Waals surface area contributed by atoms with Gasteiger partial charge in [-0.25, -0.2) is 8.78 Å². The molecular weight excluding hydrogens is 479 g/mol. The Kier molecular flexibility index (Phi) is 11.7. The maximum atomic E-state index is 13.5. The highest BCUT2D eigenvalue weighted by molar-refractivity contribution is 14.0. The third kappa shape index (κ3) is 8.06. The molecule has 0 aliphatic heterocycles. The molecule has 1 aliphatic rings. The summed E-state index contributed by atoms with van der Waals surface area (Å²) < 4.78 is 37.3. The summed E-state index contributed by atoms with van der Waals surface area (Å²) in [6.07, 6.45) is 5.99. The van der Waals surface area contributed by atoms with Crippen LogP contribution in [-0.4, -0.2) is 45.9 Å². The monoisotopic (exact) mass is 511 g/mol. The van der Waals surface area contributed by atoms with Gasteiger partial charge in [0.1, 0.15) is 12.4 Å². The largest absolute Gasteiger partial charge is 0.489 e. The SMILES string of the molecule is CCOCCC1(CNC(=NC)NCCOc2ccc(F)cc2F)CCCC1.I. The van der Waals surface area contributed by atoms with Gasteiger partial charge in [-0.05, 0) is 43.7 Å². The van der Waals surface area contributed by atoms with E-state index >= 15 is 0 Å². The van der Waals surface area contributed by atoms with Crippen LogP contribution in [0.4, 0.5) is 8.78 Å². The second-order valence-corrected chi connectivity index (χ2v) is 6.93. The molecule has 1 aromatic rings. The molecule has 1 aliphatic carbocycles. The van der Waals surface area contributed by atoms with Crippen LogP contribution in [0.3, 0.4) is 0 Å². The van der Waals surface area contributed by atoms with Crippen LogP contribution in [0.2, 0.25) is 0 Å². The van der Waals surface area contributed by atoms with Crippen molar-refractivity contribution in [3.05, 3.63) is 29.8 Å². The Balaban J connectivity index is 0.00000392. The predicted molar refractivity (Wildman–Crippen MR) is 119 cm³/mol. The topological polar surface area (TPSA) is 54.9 Å². The Morgan fingerprint density at radius 3 is 2.57 bits per heavy atom. The Morgan fingerprint density at radius 1 is 1.18 bits per heavy atom. The molecule has 0 spiro atoms. The summed E-state index contributed by atoms with van der Waals surface area (Å²) in [6, 6.07) is 3.28. The Morgan fingerprint density at radius 2 is 1.93 bits per heavy atom. The van der Waals surface area contributed by atoms with E-state index in [1.165, 1.54) is 37.8 Å². The van der Waals surface area contributed by atoms with Crippen molar-refractivity contribution in [2.75, 3.05) is 40.0 Å². The average molecular weight is 511 g/mol. The van der Waals surface area contributed by atoms with Crippen LogP contribution in [-0.2, 0) is 4.74 Å². The van der Waals surface area contributed by atoms with Gasteiger partial charge >= 0.3 is 0 Å². The van der Waals surface area contributed by atoms with Gasteiger partial charge in [0.2, 0.25) is 0 Å². The van der Waals surface area contributed by atoms with Gasteiger partial charge in [0.15, 0.2) is 17.5 Å². The third-order valence-corrected chi connectivity index (χ3v) is 5.05. The Hall–Kier alpha value is -1.16. The number of guanidine groups is 1. The molecular formula is C20H32F2IN3O2. The lowest BCUT2D eigenvalue weighted by atomic mass is 9.83. The van der Waals surface area contributed by atoms with E-state index in [1.54, 1.807) is 7.05 Å². The van der Waals surface area contributed by atoms with Gasteiger partial charge in [0, 0.05) is 32.9 Å². The molecule has 160 valence electrons. The third-order valence-electron chi connectivity index (χ3n) is 5.05. The number of ether oxygens (including phenoxy) is 2. The van der Waals surface area contributed by atoms with Crippen molar-refractivity contribution < 1.29 is 18.3 Å². The fourth-order valence-corrected chi connectivity index (χ4v) is 3.49. The number of rotatable bonds is 10. The zero-order valence-electron chi connectivity index (χ0n) is 16.7. The van der Waals surface area contributed by atoms with Crippen molar-refractivity contribution in [1.29, 1.82) is 0 Å². The molecule has 0 amide bonds. The summed E-state index contributed by atoms with van der Waals surface area (Å²) in [5, 5.41) is 6.57. The molecule has 0 bridgehead atoms. The molecule has 28 heavy (non-hydrogen) atoms. The number of nitrogens with one attached hydrogen (secondary N) is 2. The van der Waals surface area contributed by atoms with Gasteiger partial charge in [0.25, 0.3) is 0 Å². The first kappa shape index (κ1) is 24.9. The van der Waals surface area contributed by atoms with Crippen LogP contribution in [0.25, 0.3) is 0 Å². The first-order valence-corrected chi connectivity index (χ1v) is 9.69. The highest BCUT2D eigenvalue weighted by Crippen LogP contribution is 2.40. The number of hydrogen-bond donors (Lipinski definition) is 2. The number of aliphatic imine (C=N–C) groups is 1. The van der Waals surface area contributed by atoms with Crippen molar-refractivity contribution in [2.24, 2.45) is 10.4 Å². The van der Waals surface area contributed by atoms with Gasteiger partial charge in [-0.1, -0.05) is 12.8 Å². The predicted octanol–water partition coefficient (Wildman–Crippen LogP) is 4.11. The highest BCUT2D eigenvalue weighted by atomic mass is 127. The summed E-state index contributed by atoms with van der Waals surface area (Å²) >= 11 is 0. The molecule has 0 radical (unpaired) electrons. The number of nitrogens with zero attached hydrogens (tertiary/aromatic N) is 1. The van der Waals surface area contributed by atoms with Crippen molar-refractivity contribution in [2.45, 2.75) is 39.0 Å². The van der Waals surface area contributed by atoms with Crippen molar-refractivity contribution in [3.63, 3.8) is 0 Å². The summed E-state index contributed by atoms with van der Waals surface area (Å²) in [7, 11) is 1.72. The normalized spacial score (nSPS) is 15.8. The van der Waals surface area contributed by atoms with E-state index in [-0.39, 0.29) is 41.7 Å². The highest BCUT2D eigenvalue weighted by Gasteiger charge is 2.33. The Labute approximate surface area is 183 Å². The molecule has 1 saturated carbocycles. The molecule has 1 aromatic carbocycles. The van der Waals surface area contributed by atoms with Gasteiger partial charge in [-0.15, -0.1) is 24.0 Å². The van der Waals surface area contributed by atoms with Crippen LogP contribution in [0.1, 0.15) is 39.0 Å². The number of benzene rings is 1. The van der Waals surface area contributed by atoms with E-state index < -0.39 is 11.6 Å². The van der Waals surface area contributed by atoms with E-state index in [1.807, 2.05) is 6.92 Å². The fourth-order valence-electron chi connectivity index (χ4n) is 3.49. The molecule has 0 unspecified atom stereocenters. The number of hydrogen-bond acceptors (Lipinski definition) is 3. The van der Waals surface area contributed by atoms with E-state index in [0.717, 1.165) is 32.2 Å². The first-order chi connectivity index (χ1) is 13.1. The molecule has 2 rings (SSSR count). The first-order valence-electron chi connectivity index (χ1n) is 9.69. The van der Waals surface area contributed by atoms with Crippen molar-refractivity contribution in [1.82, 2.24) is 10.6 Å². The van der Waals surface area contributed by atoms with Crippen molar-refractivity contribution >= 4 is 29.9 Å². The van der Waals surface area contributed by atoms with E-state index in [4.69, 9.17) is 9.47 Å². The smallest absolute Gasteiger partial charge is 0.191 e. The standard InChI is InChI=1S/C20H31F2N3O2.HI/c1-3-26-12-10-20(8-4-5-9-20)15-25-19(23-2)24-11-13-27-18-7-6-16(21)14-17(18)22;/h6-7,14H,3-5,8-13,15H2,1-2H3,(H2,23,24,25);1H. The van der Waals surface area contributed by atoms with E-state index in [0.29, 0.717) is 12.5 Å². The van der Waals surface area contributed by atoms with E-state index in [2.05, 4.69) is 15.6 Å². The molecule has 0 atom stereocenters. The molecule has 2 N–H and O–H groups in total.